The van der Waals surface area contributed by atoms with Crippen molar-refractivity contribution in [3.8, 4) is 0 Å². The van der Waals surface area contributed by atoms with Gasteiger partial charge in [-0.05, 0) is 61.7 Å². The summed E-state index contributed by atoms with van der Waals surface area (Å²) in [4.78, 5) is 24.3. The van der Waals surface area contributed by atoms with Crippen LogP contribution in [0.15, 0.2) is 47.4 Å². The zero-order chi connectivity index (χ0) is 21.7. The molecule has 3 rings (SSSR count). The van der Waals surface area contributed by atoms with Gasteiger partial charge in [-0.3, -0.25) is 4.79 Å². The van der Waals surface area contributed by atoms with Gasteiger partial charge in [0.25, 0.3) is 0 Å². The highest BCUT2D eigenvalue weighted by Crippen LogP contribution is 2.30. The van der Waals surface area contributed by atoms with Gasteiger partial charge in [-0.1, -0.05) is 18.9 Å². The monoisotopic (exact) mass is 430 g/mol. The first-order valence-electron chi connectivity index (χ1n) is 9.88. The van der Waals surface area contributed by atoms with Gasteiger partial charge in [0, 0.05) is 11.4 Å². The largest absolute Gasteiger partial charge is 0.465 e. The van der Waals surface area contributed by atoms with Gasteiger partial charge in [-0.2, -0.15) is 0 Å². The Morgan fingerprint density at radius 3 is 2.37 bits per heavy atom. The van der Waals surface area contributed by atoms with Gasteiger partial charge in [-0.15, -0.1) is 0 Å². The van der Waals surface area contributed by atoms with E-state index < -0.39 is 15.8 Å². The zero-order valence-corrected chi connectivity index (χ0v) is 17.9. The number of methoxy groups -OCH3 is 1. The van der Waals surface area contributed by atoms with Gasteiger partial charge in [0.2, 0.25) is 5.91 Å². The summed E-state index contributed by atoms with van der Waals surface area (Å²) in [5, 5.41) is 5.46. The predicted octanol–water partition coefficient (Wildman–Crippen LogP) is 3.55. The first kappa shape index (κ1) is 21.8. The van der Waals surface area contributed by atoms with Gasteiger partial charge in [0.1, 0.15) is 0 Å². The van der Waals surface area contributed by atoms with E-state index in [0.29, 0.717) is 21.8 Å². The minimum Gasteiger partial charge on any atom is -0.465 e. The number of nitrogens with one attached hydrogen (secondary N) is 2. The maximum atomic E-state index is 12.6. The minimum atomic E-state index is -3.29. The van der Waals surface area contributed by atoms with Gasteiger partial charge >= 0.3 is 5.97 Å². The Balaban J connectivity index is 1.59. The molecule has 0 radical (unpaired) electrons. The molecule has 0 spiro atoms. The lowest BCUT2D eigenvalue weighted by Gasteiger charge is -2.13. The maximum Gasteiger partial charge on any atom is 0.337 e. The molecule has 1 aliphatic carbocycles. The molecule has 2 aromatic carbocycles. The number of aryl methyl sites for hydroxylation is 1. The Kier molecular flexibility index (Phi) is 6.77. The summed E-state index contributed by atoms with van der Waals surface area (Å²) in [5.74, 6) is -0.765. The molecule has 2 aromatic rings. The average molecular weight is 431 g/mol. The lowest BCUT2D eigenvalue weighted by molar-refractivity contribution is -0.114. The predicted molar refractivity (Wildman–Crippen MR) is 116 cm³/mol. The SMILES string of the molecule is COC(=O)c1ccc(C)c(NC(=O)CNc2ccc(S(=O)(=O)C3CCCC3)cc2)c1. The van der Waals surface area contributed by atoms with Gasteiger partial charge in [0.05, 0.1) is 29.4 Å². The summed E-state index contributed by atoms with van der Waals surface area (Å²) < 4.78 is 30.0. The molecule has 2 N–H and O–H groups in total. The molecular weight excluding hydrogens is 404 g/mol. The summed E-state index contributed by atoms with van der Waals surface area (Å²) in [6.45, 7) is 1.82. The molecule has 0 bridgehead atoms. The van der Waals surface area contributed by atoms with E-state index in [4.69, 9.17) is 4.74 Å². The van der Waals surface area contributed by atoms with Crippen LogP contribution in [0.2, 0.25) is 0 Å². The smallest absolute Gasteiger partial charge is 0.337 e. The van der Waals surface area contributed by atoms with Crippen molar-refractivity contribution < 1.29 is 22.7 Å². The molecule has 0 unspecified atom stereocenters. The summed E-state index contributed by atoms with van der Waals surface area (Å²) in [7, 11) is -1.99. The molecule has 0 saturated heterocycles. The van der Waals surface area contributed by atoms with Gasteiger partial charge < -0.3 is 15.4 Å². The molecule has 1 amide bonds. The van der Waals surface area contributed by atoms with Crippen LogP contribution in [0.25, 0.3) is 0 Å². The highest BCUT2D eigenvalue weighted by atomic mass is 32.2. The molecular formula is C22H26N2O5S. The van der Waals surface area contributed by atoms with Crippen LogP contribution in [-0.2, 0) is 19.4 Å². The number of carbonyl (C=O) groups excluding carboxylic acids is 2. The topological polar surface area (TPSA) is 102 Å². The maximum absolute atomic E-state index is 12.6. The lowest BCUT2D eigenvalue weighted by atomic mass is 10.1. The van der Waals surface area contributed by atoms with Crippen LogP contribution in [0.3, 0.4) is 0 Å². The van der Waals surface area contributed by atoms with Crippen molar-refractivity contribution in [3.63, 3.8) is 0 Å². The Morgan fingerprint density at radius 2 is 1.73 bits per heavy atom. The third-order valence-corrected chi connectivity index (χ3v) is 7.59. The minimum absolute atomic E-state index is 0.00336. The normalized spacial score (nSPS) is 14.3. The Bertz CT molecular complexity index is 1030. The van der Waals surface area contributed by atoms with Crippen LogP contribution in [0.4, 0.5) is 11.4 Å². The highest BCUT2D eigenvalue weighted by molar-refractivity contribution is 7.92. The van der Waals surface area contributed by atoms with E-state index in [0.717, 1.165) is 31.2 Å². The van der Waals surface area contributed by atoms with Crippen molar-refractivity contribution in [2.75, 3.05) is 24.3 Å². The molecule has 0 aromatic heterocycles. The third kappa shape index (κ3) is 4.99. The van der Waals surface area contributed by atoms with Crippen molar-refractivity contribution in [2.24, 2.45) is 0 Å². The average Bonchev–Trinajstić information content (AvgIpc) is 3.29. The number of hydrogen-bond acceptors (Lipinski definition) is 6. The number of hydrogen-bond donors (Lipinski definition) is 2. The van der Waals surface area contributed by atoms with E-state index in [9.17, 15) is 18.0 Å². The lowest BCUT2D eigenvalue weighted by Crippen LogP contribution is -2.22. The molecule has 8 heteroatoms. The van der Waals surface area contributed by atoms with Crippen LogP contribution < -0.4 is 10.6 Å². The standard InChI is InChI=1S/C22H26N2O5S/c1-15-7-8-16(22(26)29-2)13-20(15)24-21(25)14-23-17-9-11-19(12-10-17)30(27,28)18-5-3-4-6-18/h7-13,18,23H,3-6,14H2,1-2H3,(H,24,25). The van der Waals surface area contributed by atoms with Crippen molar-refractivity contribution in [3.05, 3.63) is 53.6 Å². The highest BCUT2D eigenvalue weighted by Gasteiger charge is 2.30. The van der Waals surface area contributed by atoms with Crippen molar-refractivity contribution in [1.82, 2.24) is 0 Å². The number of carbonyl (C=O) groups is 2. The van der Waals surface area contributed by atoms with Crippen molar-refractivity contribution in [1.29, 1.82) is 0 Å². The first-order valence-corrected chi connectivity index (χ1v) is 11.4. The van der Waals surface area contributed by atoms with Crippen molar-refractivity contribution >= 4 is 33.1 Å². The van der Waals surface area contributed by atoms with Gasteiger partial charge in [0.15, 0.2) is 9.84 Å². The van der Waals surface area contributed by atoms with E-state index in [1.807, 2.05) is 6.92 Å². The Morgan fingerprint density at radius 1 is 1.07 bits per heavy atom. The molecule has 0 heterocycles. The summed E-state index contributed by atoms with van der Waals surface area (Å²) in [5.41, 5.74) is 2.35. The summed E-state index contributed by atoms with van der Waals surface area (Å²) in [6, 6.07) is 11.4. The third-order valence-electron chi connectivity index (χ3n) is 5.31. The van der Waals surface area contributed by atoms with E-state index in [-0.39, 0.29) is 17.7 Å². The molecule has 1 aliphatic rings. The number of sulfone groups is 1. The number of anilines is 2. The number of benzene rings is 2. The fourth-order valence-electron chi connectivity index (χ4n) is 3.53. The second-order valence-corrected chi connectivity index (χ2v) is 9.63. The number of esters is 1. The van der Waals surface area contributed by atoms with E-state index in [2.05, 4.69) is 10.6 Å². The molecule has 1 saturated carbocycles. The Labute approximate surface area is 176 Å². The quantitative estimate of drug-likeness (QED) is 0.652. The summed E-state index contributed by atoms with van der Waals surface area (Å²) in [6.07, 6.45) is 3.36. The van der Waals surface area contributed by atoms with E-state index in [1.54, 1.807) is 42.5 Å². The molecule has 0 atom stereocenters. The molecule has 0 aliphatic heterocycles. The molecule has 30 heavy (non-hydrogen) atoms. The molecule has 160 valence electrons. The van der Waals surface area contributed by atoms with E-state index in [1.165, 1.54) is 7.11 Å². The summed E-state index contributed by atoms with van der Waals surface area (Å²) >= 11 is 0. The van der Waals surface area contributed by atoms with Crippen LogP contribution in [0, 0.1) is 6.92 Å². The number of amides is 1. The van der Waals surface area contributed by atoms with Gasteiger partial charge in [-0.25, -0.2) is 13.2 Å². The van der Waals surface area contributed by atoms with Crippen molar-refractivity contribution in [2.45, 2.75) is 42.8 Å². The fraction of sp³-hybridized carbons (Fsp3) is 0.364. The second kappa shape index (κ2) is 9.30. The molecule has 7 nitrogen and oxygen atoms in total. The Hall–Kier alpha value is -2.87. The number of ether oxygens (including phenoxy) is 1. The van der Waals surface area contributed by atoms with Crippen LogP contribution in [0.1, 0.15) is 41.6 Å². The van der Waals surface area contributed by atoms with Crippen LogP contribution in [-0.4, -0.2) is 39.2 Å². The van der Waals surface area contributed by atoms with E-state index >= 15 is 0 Å². The van der Waals surface area contributed by atoms with Crippen LogP contribution >= 0.6 is 0 Å². The van der Waals surface area contributed by atoms with Crippen LogP contribution in [0.5, 0.6) is 0 Å². The first-order chi connectivity index (χ1) is 14.3. The number of rotatable bonds is 7. The second-order valence-electron chi connectivity index (χ2n) is 7.40. The fourth-order valence-corrected chi connectivity index (χ4v) is 5.39. The molecule has 1 fully saturated rings. The zero-order valence-electron chi connectivity index (χ0n) is 17.1.